The molecule has 2 atom stereocenters. The molecule has 5 rings (SSSR count). The van der Waals surface area contributed by atoms with E-state index in [1.54, 1.807) is 0 Å². The van der Waals surface area contributed by atoms with Crippen LogP contribution in [0, 0.1) is 5.92 Å². The predicted molar refractivity (Wildman–Crippen MR) is 95.9 cm³/mol. The minimum atomic E-state index is 0.538. The molecule has 3 aliphatic rings. The number of pyridine rings is 1. The molecule has 0 radical (unpaired) electrons. The van der Waals surface area contributed by atoms with E-state index in [4.69, 9.17) is 11.6 Å². The van der Waals surface area contributed by atoms with Crippen LogP contribution in [0.1, 0.15) is 19.8 Å². The molecule has 1 aromatic carbocycles. The second kappa shape index (κ2) is 6.14. The van der Waals surface area contributed by atoms with Crippen LogP contribution in [0.2, 0.25) is 5.02 Å². The van der Waals surface area contributed by atoms with Crippen molar-refractivity contribution in [2.75, 3.05) is 18.4 Å². The zero-order valence-electron chi connectivity index (χ0n) is 13.4. The molecule has 0 aliphatic carbocycles. The van der Waals surface area contributed by atoms with Crippen molar-refractivity contribution in [3.63, 3.8) is 0 Å². The first-order chi connectivity index (χ1) is 11.2. The Kier molecular flexibility index (Phi) is 4.00. The summed E-state index contributed by atoms with van der Waals surface area (Å²) in [6, 6.07) is 13.2. The maximum absolute atomic E-state index is 6.06. The molecule has 0 amide bonds. The zero-order valence-corrected chi connectivity index (χ0v) is 14.1. The molecule has 3 fully saturated rings. The van der Waals surface area contributed by atoms with E-state index in [2.05, 4.69) is 34.3 Å². The second-order valence-corrected chi connectivity index (χ2v) is 7.16. The van der Waals surface area contributed by atoms with E-state index in [0.29, 0.717) is 12.1 Å². The molecular weight excluding hydrogens is 306 g/mol. The lowest BCUT2D eigenvalue weighted by molar-refractivity contribution is 0.0458. The van der Waals surface area contributed by atoms with Crippen LogP contribution in [-0.2, 0) is 0 Å². The smallest absolute Gasteiger partial charge is 0.0704 e. The largest absolute Gasteiger partial charge is 0.379 e. The minimum Gasteiger partial charge on any atom is -0.379 e. The van der Waals surface area contributed by atoms with Crippen molar-refractivity contribution in [1.82, 2.24) is 9.88 Å². The third-order valence-corrected chi connectivity index (χ3v) is 5.63. The van der Waals surface area contributed by atoms with Gasteiger partial charge in [0.15, 0.2) is 0 Å². The summed E-state index contributed by atoms with van der Waals surface area (Å²) < 4.78 is 0. The quantitative estimate of drug-likeness (QED) is 0.911. The summed E-state index contributed by atoms with van der Waals surface area (Å²) in [7, 11) is 0. The van der Waals surface area contributed by atoms with Crippen molar-refractivity contribution < 1.29 is 0 Å². The number of nitrogens with zero attached hydrogens (tertiary/aromatic N) is 2. The van der Waals surface area contributed by atoms with E-state index in [0.717, 1.165) is 27.9 Å². The predicted octanol–water partition coefficient (Wildman–Crippen LogP) is 4.30. The lowest BCUT2D eigenvalue weighted by atomic mass is 9.79. The summed E-state index contributed by atoms with van der Waals surface area (Å²) in [4.78, 5) is 7.21. The van der Waals surface area contributed by atoms with E-state index in [-0.39, 0.29) is 0 Å². The van der Waals surface area contributed by atoms with Crippen LogP contribution in [0.15, 0.2) is 42.6 Å². The van der Waals surface area contributed by atoms with Gasteiger partial charge < -0.3 is 5.32 Å². The first-order valence-corrected chi connectivity index (χ1v) is 8.81. The summed E-state index contributed by atoms with van der Waals surface area (Å²) >= 11 is 6.06. The van der Waals surface area contributed by atoms with Gasteiger partial charge in [-0.15, -0.1) is 0 Å². The number of halogens is 1. The Morgan fingerprint density at radius 1 is 1.17 bits per heavy atom. The number of nitrogens with one attached hydrogen (secondary N) is 1. The number of anilines is 1. The van der Waals surface area contributed by atoms with Gasteiger partial charge in [0, 0.05) is 22.7 Å². The Hall–Kier alpha value is -1.58. The molecule has 4 heterocycles. The first kappa shape index (κ1) is 15.0. The fourth-order valence-electron chi connectivity index (χ4n) is 4.04. The molecule has 4 heteroatoms. The summed E-state index contributed by atoms with van der Waals surface area (Å²) in [5.74, 6) is 0.794. The summed E-state index contributed by atoms with van der Waals surface area (Å²) in [5, 5.41) is 4.47. The zero-order chi connectivity index (χ0) is 15.8. The van der Waals surface area contributed by atoms with Crippen LogP contribution < -0.4 is 5.32 Å². The Morgan fingerprint density at radius 2 is 2.00 bits per heavy atom. The van der Waals surface area contributed by atoms with Gasteiger partial charge in [0.2, 0.25) is 0 Å². The number of piperidine rings is 3. The average Bonchev–Trinajstić information content (AvgIpc) is 2.59. The highest BCUT2D eigenvalue weighted by atomic mass is 35.5. The maximum Gasteiger partial charge on any atom is 0.0704 e. The van der Waals surface area contributed by atoms with Gasteiger partial charge in [0.25, 0.3) is 0 Å². The van der Waals surface area contributed by atoms with Crippen molar-refractivity contribution >= 4 is 17.3 Å². The fraction of sp³-hybridized carbons (Fsp3) is 0.421. The molecule has 1 aromatic heterocycles. The summed E-state index contributed by atoms with van der Waals surface area (Å²) in [6.07, 6.45) is 4.58. The van der Waals surface area contributed by atoms with Gasteiger partial charge in [-0.25, -0.2) is 0 Å². The van der Waals surface area contributed by atoms with Gasteiger partial charge in [-0.05, 0) is 63.0 Å². The van der Waals surface area contributed by atoms with Crippen LogP contribution in [0.4, 0.5) is 5.69 Å². The molecule has 2 aromatic rings. The Labute approximate surface area is 142 Å². The lowest BCUT2D eigenvalue weighted by Crippen LogP contribution is -2.59. The normalized spacial score (nSPS) is 29.5. The van der Waals surface area contributed by atoms with Gasteiger partial charge in [-0.3, -0.25) is 9.88 Å². The highest BCUT2D eigenvalue weighted by molar-refractivity contribution is 6.30. The van der Waals surface area contributed by atoms with E-state index in [9.17, 15) is 0 Å². The maximum atomic E-state index is 6.06. The Balaban J connectivity index is 1.50. The Bertz CT molecular complexity index is 675. The number of hydrogen-bond acceptors (Lipinski definition) is 3. The van der Waals surface area contributed by atoms with Crippen LogP contribution in [0.5, 0.6) is 0 Å². The van der Waals surface area contributed by atoms with E-state index >= 15 is 0 Å². The van der Waals surface area contributed by atoms with Crippen molar-refractivity contribution in [2.24, 2.45) is 5.92 Å². The molecule has 3 saturated heterocycles. The van der Waals surface area contributed by atoms with Crippen LogP contribution in [0.25, 0.3) is 11.3 Å². The van der Waals surface area contributed by atoms with Gasteiger partial charge in [0.1, 0.15) is 0 Å². The third-order valence-electron chi connectivity index (χ3n) is 5.39. The SMILES string of the molecule is C[C@@H]1[C@H](Nc2ccc(-c3cccc(Cl)c3)nc2)C2CCN1CC2. The van der Waals surface area contributed by atoms with Crippen molar-refractivity contribution in [3.05, 3.63) is 47.6 Å². The number of fused-ring (bicyclic) bond motifs is 3. The molecule has 0 unspecified atom stereocenters. The summed E-state index contributed by atoms with van der Waals surface area (Å²) in [5.41, 5.74) is 3.13. The van der Waals surface area contributed by atoms with E-state index in [1.165, 1.54) is 25.9 Å². The van der Waals surface area contributed by atoms with E-state index < -0.39 is 0 Å². The fourth-order valence-corrected chi connectivity index (χ4v) is 4.23. The van der Waals surface area contributed by atoms with Gasteiger partial charge in [-0.2, -0.15) is 0 Å². The molecule has 2 bridgehead atoms. The molecule has 0 spiro atoms. The molecule has 3 aliphatic heterocycles. The van der Waals surface area contributed by atoms with Gasteiger partial charge >= 0.3 is 0 Å². The van der Waals surface area contributed by atoms with Crippen molar-refractivity contribution in [3.8, 4) is 11.3 Å². The molecule has 120 valence electrons. The highest BCUT2D eigenvalue weighted by Gasteiger charge is 2.39. The van der Waals surface area contributed by atoms with E-state index in [1.807, 2.05) is 30.5 Å². The third kappa shape index (κ3) is 2.96. The molecule has 3 nitrogen and oxygen atoms in total. The van der Waals surface area contributed by atoms with Crippen molar-refractivity contribution in [1.29, 1.82) is 0 Å². The Morgan fingerprint density at radius 3 is 2.65 bits per heavy atom. The first-order valence-electron chi connectivity index (χ1n) is 8.43. The monoisotopic (exact) mass is 327 g/mol. The molecule has 1 N–H and O–H groups in total. The highest BCUT2D eigenvalue weighted by Crippen LogP contribution is 2.34. The van der Waals surface area contributed by atoms with Gasteiger partial charge in [0.05, 0.1) is 17.6 Å². The number of rotatable bonds is 3. The van der Waals surface area contributed by atoms with Crippen LogP contribution in [0.3, 0.4) is 0 Å². The van der Waals surface area contributed by atoms with Gasteiger partial charge in [-0.1, -0.05) is 23.7 Å². The second-order valence-electron chi connectivity index (χ2n) is 6.73. The topological polar surface area (TPSA) is 28.2 Å². The number of hydrogen-bond donors (Lipinski definition) is 1. The lowest BCUT2D eigenvalue weighted by Gasteiger charge is -2.50. The minimum absolute atomic E-state index is 0.538. The van der Waals surface area contributed by atoms with Crippen molar-refractivity contribution in [2.45, 2.75) is 31.8 Å². The van der Waals surface area contributed by atoms with Crippen LogP contribution in [-0.4, -0.2) is 35.1 Å². The molecule has 23 heavy (non-hydrogen) atoms. The molecular formula is C19H22ClN3. The standard InChI is InChI=1S/C19H22ClN3/c1-13-19(14-7-9-23(13)10-8-14)22-17-5-6-18(21-12-17)15-3-2-4-16(20)11-15/h2-6,11-14,19,22H,7-10H2,1H3/t13-,19+/m1/s1. The number of benzene rings is 1. The summed E-state index contributed by atoms with van der Waals surface area (Å²) in [6.45, 7) is 4.86. The number of aromatic nitrogens is 1. The van der Waals surface area contributed by atoms with Crippen LogP contribution >= 0.6 is 11.6 Å². The average molecular weight is 328 g/mol. The molecule has 0 saturated carbocycles.